The van der Waals surface area contributed by atoms with Crippen LogP contribution in [0.25, 0.3) is 0 Å². The number of aromatic carboxylic acids is 1. The van der Waals surface area contributed by atoms with Gasteiger partial charge < -0.3 is 10.4 Å². The van der Waals surface area contributed by atoms with Gasteiger partial charge in [0.15, 0.2) is 5.69 Å². The van der Waals surface area contributed by atoms with Gasteiger partial charge in [0.2, 0.25) is 0 Å². The van der Waals surface area contributed by atoms with E-state index in [1.165, 1.54) is 23.3 Å². The van der Waals surface area contributed by atoms with Crippen LogP contribution < -0.4 is 5.32 Å². The van der Waals surface area contributed by atoms with Crippen LogP contribution >= 0.6 is 0 Å². The van der Waals surface area contributed by atoms with Gasteiger partial charge in [0, 0.05) is 6.54 Å². The van der Waals surface area contributed by atoms with E-state index in [0.717, 1.165) is 0 Å². The number of nitrogens with zero attached hydrogens (tertiary/aromatic N) is 5. The summed E-state index contributed by atoms with van der Waals surface area (Å²) < 4.78 is 1.34. The number of carbonyl (C=O) groups is 2. The lowest BCUT2D eigenvalue weighted by atomic mass is 10.3. The van der Waals surface area contributed by atoms with Crippen molar-refractivity contribution in [2.24, 2.45) is 0 Å². The number of aromatic nitrogens is 5. The minimum absolute atomic E-state index is 0.135. The summed E-state index contributed by atoms with van der Waals surface area (Å²) in [5.74, 6) is -1.42. The van der Waals surface area contributed by atoms with Crippen LogP contribution in [0.15, 0.2) is 24.7 Å². The molecule has 0 aliphatic carbocycles. The molecule has 9 nitrogen and oxygen atoms in total. The smallest absolute Gasteiger partial charge is 0.358 e. The molecule has 0 atom stereocenters. The molecule has 2 aromatic heterocycles. The molecule has 0 fully saturated rings. The number of hydrogen-bond donors (Lipinski definition) is 2. The standard InChI is InChI=1S/C10H10N6O3/c17-9(7-1-2-12-13-5-7)11-3-4-16-6-8(10(18)19)14-15-16/h1-2,5-6H,3-4H2,(H,11,17)(H,18,19). The van der Waals surface area contributed by atoms with Gasteiger partial charge in [-0.25, -0.2) is 9.48 Å². The largest absolute Gasteiger partial charge is 0.476 e. The van der Waals surface area contributed by atoms with Crippen molar-refractivity contribution in [1.82, 2.24) is 30.5 Å². The van der Waals surface area contributed by atoms with Crippen molar-refractivity contribution < 1.29 is 14.7 Å². The number of rotatable bonds is 5. The molecule has 0 aromatic carbocycles. The predicted octanol–water partition coefficient (Wildman–Crippen LogP) is -0.804. The van der Waals surface area contributed by atoms with Crippen LogP contribution in [0.3, 0.4) is 0 Å². The van der Waals surface area contributed by atoms with Crippen molar-refractivity contribution in [3.63, 3.8) is 0 Å². The van der Waals surface area contributed by atoms with Crippen LogP contribution in [0.1, 0.15) is 20.8 Å². The van der Waals surface area contributed by atoms with Crippen LogP contribution in [0.5, 0.6) is 0 Å². The molecule has 2 rings (SSSR count). The van der Waals surface area contributed by atoms with Gasteiger partial charge in [-0.3, -0.25) is 4.79 Å². The number of nitrogens with one attached hydrogen (secondary N) is 1. The second kappa shape index (κ2) is 5.67. The predicted molar refractivity (Wildman–Crippen MR) is 61.3 cm³/mol. The molecule has 0 saturated heterocycles. The summed E-state index contributed by atoms with van der Waals surface area (Å²) in [5.41, 5.74) is 0.268. The van der Waals surface area contributed by atoms with Crippen LogP contribution in [-0.4, -0.2) is 48.7 Å². The number of carboxylic acids is 1. The van der Waals surface area contributed by atoms with Crippen molar-refractivity contribution in [3.8, 4) is 0 Å². The highest BCUT2D eigenvalue weighted by Gasteiger charge is 2.08. The van der Waals surface area contributed by atoms with E-state index in [4.69, 9.17) is 5.11 Å². The van der Waals surface area contributed by atoms with E-state index in [1.807, 2.05) is 0 Å². The maximum Gasteiger partial charge on any atom is 0.358 e. The molecule has 2 heterocycles. The summed E-state index contributed by atoms with van der Waals surface area (Å²) in [6, 6.07) is 1.54. The first kappa shape index (κ1) is 12.6. The van der Waals surface area contributed by atoms with E-state index in [0.29, 0.717) is 18.7 Å². The van der Waals surface area contributed by atoms with Crippen molar-refractivity contribution in [1.29, 1.82) is 0 Å². The second-order valence-electron chi connectivity index (χ2n) is 3.56. The molecule has 0 aliphatic heterocycles. The Kier molecular flexibility index (Phi) is 3.76. The summed E-state index contributed by atoms with van der Waals surface area (Å²) in [6.45, 7) is 0.619. The van der Waals surface area contributed by atoms with Gasteiger partial charge in [-0.05, 0) is 6.07 Å². The third-order valence-electron chi connectivity index (χ3n) is 2.23. The van der Waals surface area contributed by atoms with Gasteiger partial charge in [0.1, 0.15) is 0 Å². The third-order valence-corrected chi connectivity index (χ3v) is 2.23. The molecule has 19 heavy (non-hydrogen) atoms. The molecule has 0 bridgehead atoms. The molecule has 0 unspecified atom stereocenters. The molecule has 0 aliphatic rings. The fourth-order valence-electron chi connectivity index (χ4n) is 1.32. The van der Waals surface area contributed by atoms with Crippen molar-refractivity contribution in [2.75, 3.05) is 6.54 Å². The van der Waals surface area contributed by atoms with Gasteiger partial charge in [-0.2, -0.15) is 10.2 Å². The van der Waals surface area contributed by atoms with Crippen LogP contribution in [0.2, 0.25) is 0 Å². The molecule has 1 amide bonds. The molecule has 2 N–H and O–H groups in total. The summed E-state index contributed by atoms with van der Waals surface area (Å²) in [7, 11) is 0. The highest BCUT2D eigenvalue weighted by molar-refractivity contribution is 5.93. The maximum absolute atomic E-state index is 11.6. The molecule has 0 radical (unpaired) electrons. The summed E-state index contributed by atoms with van der Waals surface area (Å²) in [4.78, 5) is 22.2. The van der Waals surface area contributed by atoms with E-state index in [9.17, 15) is 9.59 Å². The zero-order valence-electron chi connectivity index (χ0n) is 9.72. The first-order valence-corrected chi connectivity index (χ1v) is 5.35. The lowest BCUT2D eigenvalue weighted by Crippen LogP contribution is -2.27. The molecule has 0 spiro atoms. The third kappa shape index (κ3) is 3.31. The van der Waals surface area contributed by atoms with E-state index in [-0.39, 0.29) is 11.6 Å². The number of carboxylic acid groups (broad SMARTS) is 1. The highest BCUT2D eigenvalue weighted by Crippen LogP contribution is 1.94. The Labute approximate surface area is 107 Å². The quantitative estimate of drug-likeness (QED) is 0.722. The molecular weight excluding hydrogens is 252 g/mol. The van der Waals surface area contributed by atoms with Crippen molar-refractivity contribution in [3.05, 3.63) is 35.9 Å². The second-order valence-corrected chi connectivity index (χ2v) is 3.56. The zero-order chi connectivity index (χ0) is 13.7. The Balaban J connectivity index is 1.83. The SMILES string of the molecule is O=C(NCCn1cc(C(=O)O)nn1)c1ccnnc1. The normalized spacial score (nSPS) is 10.1. The van der Waals surface area contributed by atoms with Crippen molar-refractivity contribution >= 4 is 11.9 Å². The fraction of sp³-hybridized carbons (Fsp3) is 0.200. The monoisotopic (exact) mass is 262 g/mol. The molecule has 2 aromatic rings. The minimum Gasteiger partial charge on any atom is -0.476 e. The number of hydrogen-bond acceptors (Lipinski definition) is 6. The first-order valence-electron chi connectivity index (χ1n) is 5.35. The highest BCUT2D eigenvalue weighted by atomic mass is 16.4. The van der Waals surface area contributed by atoms with Crippen LogP contribution in [0.4, 0.5) is 0 Å². The van der Waals surface area contributed by atoms with Gasteiger partial charge in [-0.1, -0.05) is 5.21 Å². The molecule has 9 heteroatoms. The van der Waals surface area contributed by atoms with E-state index in [2.05, 4.69) is 25.8 Å². The topological polar surface area (TPSA) is 123 Å². The summed E-state index contributed by atoms with van der Waals surface area (Å²) in [6.07, 6.45) is 4.07. The minimum atomic E-state index is -1.14. The van der Waals surface area contributed by atoms with Crippen molar-refractivity contribution in [2.45, 2.75) is 6.54 Å². The molecule has 0 saturated carbocycles. The van der Waals surface area contributed by atoms with E-state index >= 15 is 0 Å². The fourth-order valence-corrected chi connectivity index (χ4v) is 1.32. The van der Waals surface area contributed by atoms with E-state index < -0.39 is 5.97 Å². The Hall–Kier alpha value is -2.84. The van der Waals surface area contributed by atoms with Crippen LogP contribution in [-0.2, 0) is 6.54 Å². The first-order chi connectivity index (χ1) is 9.16. The van der Waals surface area contributed by atoms with Gasteiger partial charge in [0.25, 0.3) is 5.91 Å². The Morgan fingerprint density at radius 3 is 2.84 bits per heavy atom. The number of carbonyl (C=O) groups excluding carboxylic acids is 1. The lowest BCUT2D eigenvalue weighted by molar-refractivity contribution is 0.0690. The average Bonchev–Trinajstić information content (AvgIpc) is 2.89. The Bertz CT molecular complexity index is 582. The average molecular weight is 262 g/mol. The zero-order valence-corrected chi connectivity index (χ0v) is 9.72. The van der Waals surface area contributed by atoms with Gasteiger partial charge in [0.05, 0.1) is 30.7 Å². The summed E-state index contributed by atoms with van der Waals surface area (Å²) in [5, 5.41) is 25.5. The Morgan fingerprint density at radius 2 is 2.21 bits per heavy atom. The van der Waals surface area contributed by atoms with Crippen LogP contribution in [0, 0.1) is 0 Å². The number of amides is 1. The van der Waals surface area contributed by atoms with Gasteiger partial charge >= 0.3 is 5.97 Å². The molecular formula is C10H10N6O3. The lowest BCUT2D eigenvalue weighted by Gasteiger charge is -2.03. The molecule has 98 valence electrons. The summed E-state index contributed by atoms with van der Waals surface area (Å²) >= 11 is 0. The van der Waals surface area contributed by atoms with Gasteiger partial charge in [-0.15, -0.1) is 5.10 Å². The maximum atomic E-state index is 11.6. The Morgan fingerprint density at radius 1 is 1.37 bits per heavy atom. The van der Waals surface area contributed by atoms with E-state index in [1.54, 1.807) is 6.07 Å².